The molecule has 1 atom stereocenters. The van der Waals surface area contributed by atoms with Gasteiger partial charge >= 0.3 is 0 Å². The Kier molecular flexibility index (Phi) is 6.27. The van der Waals surface area contributed by atoms with Crippen LogP contribution in [-0.2, 0) is 4.79 Å². The van der Waals surface area contributed by atoms with Gasteiger partial charge in [0.05, 0.1) is 6.54 Å². The molecular formula is C23H37N3O. The lowest BCUT2D eigenvalue weighted by Gasteiger charge is -2.39. The minimum absolute atomic E-state index is 0.209. The first-order valence-electron chi connectivity index (χ1n) is 10.6. The van der Waals surface area contributed by atoms with E-state index in [-0.39, 0.29) is 11.4 Å². The number of hydrogen-bond acceptors (Lipinski definition) is 3. The summed E-state index contributed by atoms with van der Waals surface area (Å²) in [5, 5.41) is 0. The highest BCUT2D eigenvalue weighted by Crippen LogP contribution is 2.41. The zero-order valence-corrected chi connectivity index (χ0v) is 17.9. The van der Waals surface area contributed by atoms with Crippen molar-refractivity contribution in [3.05, 3.63) is 35.4 Å². The Labute approximate surface area is 165 Å². The molecule has 0 aromatic heterocycles. The van der Waals surface area contributed by atoms with E-state index in [4.69, 9.17) is 0 Å². The normalized spacial score (nSPS) is 22.9. The number of carbonyl (C=O) groups excluding carboxylic acids is 1. The molecule has 4 nitrogen and oxygen atoms in total. The Morgan fingerprint density at radius 2 is 1.67 bits per heavy atom. The second-order valence-electron chi connectivity index (χ2n) is 9.49. The maximum atomic E-state index is 12.0. The monoisotopic (exact) mass is 371 g/mol. The third kappa shape index (κ3) is 4.72. The van der Waals surface area contributed by atoms with Gasteiger partial charge in [-0.05, 0) is 83.1 Å². The second-order valence-corrected chi connectivity index (χ2v) is 9.49. The first-order chi connectivity index (χ1) is 12.8. The van der Waals surface area contributed by atoms with Gasteiger partial charge in [0.25, 0.3) is 0 Å². The Morgan fingerprint density at radius 3 is 2.26 bits per heavy atom. The minimum atomic E-state index is 0.209. The SMILES string of the molecule is CN(C)C(=O)CN1CCC(c2ccccc2[C@H]2CCCN2C(C)(C)C)CC1. The van der Waals surface area contributed by atoms with Crippen molar-refractivity contribution in [2.75, 3.05) is 40.3 Å². The zero-order valence-electron chi connectivity index (χ0n) is 17.9. The average molecular weight is 372 g/mol. The van der Waals surface area contributed by atoms with Crippen molar-refractivity contribution in [1.29, 1.82) is 0 Å². The summed E-state index contributed by atoms with van der Waals surface area (Å²) >= 11 is 0. The van der Waals surface area contributed by atoms with E-state index in [1.165, 1.54) is 19.4 Å². The van der Waals surface area contributed by atoms with Crippen molar-refractivity contribution in [3.63, 3.8) is 0 Å². The van der Waals surface area contributed by atoms with E-state index in [0.717, 1.165) is 25.9 Å². The van der Waals surface area contributed by atoms with Crippen LogP contribution in [0, 0.1) is 0 Å². The Balaban J connectivity index is 1.71. The molecule has 1 aromatic rings. The van der Waals surface area contributed by atoms with E-state index >= 15 is 0 Å². The Hall–Kier alpha value is -1.39. The standard InChI is InChI=1S/C23H37N3O/c1-23(2,3)26-14-8-11-21(26)20-10-7-6-9-19(20)18-12-15-25(16-13-18)17-22(27)24(4)5/h6-7,9-10,18,21H,8,11-17H2,1-5H3/t21-/m1/s1. The van der Waals surface area contributed by atoms with Crippen LogP contribution in [0.1, 0.15) is 69.5 Å². The van der Waals surface area contributed by atoms with Gasteiger partial charge in [-0.2, -0.15) is 0 Å². The fourth-order valence-corrected chi connectivity index (χ4v) is 4.81. The summed E-state index contributed by atoms with van der Waals surface area (Å²) in [6.45, 7) is 10.8. The first-order valence-corrected chi connectivity index (χ1v) is 10.6. The molecule has 0 bridgehead atoms. The van der Waals surface area contributed by atoms with Crippen molar-refractivity contribution in [2.45, 2.75) is 64.0 Å². The highest BCUT2D eigenvalue weighted by molar-refractivity contribution is 5.77. The predicted octanol–water partition coefficient (Wildman–Crippen LogP) is 3.89. The lowest BCUT2D eigenvalue weighted by Crippen LogP contribution is -2.42. The molecule has 0 radical (unpaired) electrons. The molecule has 0 unspecified atom stereocenters. The molecule has 2 aliphatic rings. The highest BCUT2D eigenvalue weighted by Gasteiger charge is 2.36. The van der Waals surface area contributed by atoms with Gasteiger partial charge in [-0.3, -0.25) is 14.6 Å². The minimum Gasteiger partial charge on any atom is -0.348 e. The van der Waals surface area contributed by atoms with Crippen LogP contribution in [-0.4, -0.2) is 66.4 Å². The summed E-state index contributed by atoms with van der Waals surface area (Å²) in [6.07, 6.45) is 4.87. The van der Waals surface area contributed by atoms with E-state index in [1.807, 2.05) is 14.1 Å². The molecule has 2 heterocycles. The molecule has 0 spiro atoms. The van der Waals surface area contributed by atoms with E-state index in [9.17, 15) is 4.79 Å². The number of likely N-dealkylation sites (N-methyl/N-ethyl adjacent to an activating group) is 1. The molecule has 0 saturated carbocycles. The molecule has 2 saturated heterocycles. The maximum absolute atomic E-state index is 12.0. The molecule has 3 rings (SSSR count). The van der Waals surface area contributed by atoms with Crippen molar-refractivity contribution in [2.24, 2.45) is 0 Å². The first kappa shape index (κ1) is 20.3. The van der Waals surface area contributed by atoms with Gasteiger partial charge in [0, 0.05) is 25.7 Å². The summed E-state index contributed by atoms with van der Waals surface area (Å²) in [6, 6.07) is 9.70. The summed E-state index contributed by atoms with van der Waals surface area (Å²) in [5.41, 5.74) is 3.31. The number of amides is 1. The average Bonchev–Trinajstić information content (AvgIpc) is 3.12. The van der Waals surface area contributed by atoms with Gasteiger partial charge < -0.3 is 4.90 Å². The van der Waals surface area contributed by atoms with Gasteiger partial charge in [0.15, 0.2) is 0 Å². The van der Waals surface area contributed by atoms with E-state index in [1.54, 1.807) is 16.0 Å². The smallest absolute Gasteiger partial charge is 0.236 e. The van der Waals surface area contributed by atoms with Crippen LogP contribution in [0.3, 0.4) is 0 Å². The second kappa shape index (κ2) is 8.32. The molecule has 27 heavy (non-hydrogen) atoms. The largest absolute Gasteiger partial charge is 0.348 e. The van der Waals surface area contributed by atoms with Crippen LogP contribution in [0.25, 0.3) is 0 Å². The maximum Gasteiger partial charge on any atom is 0.236 e. The highest BCUT2D eigenvalue weighted by atomic mass is 16.2. The lowest BCUT2D eigenvalue weighted by atomic mass is 9.83. The van der Waals surface area contributed by atoms with Crippen molar-refractivity contribution >= 4 is 5.91 Å². The van der Waals surface area contributed by atoms with E-state index in [0.29, 0.717) is 18.5 Å². The molecule has 4 heteroatoms. The molecule has 2 aliphatic heterocycles. The van der Waals surface area contributed by atoms with Gasteiger partial charge in [0.2, 0.25) is 5.91 Å². The number of benzene rings is 1. The Morgan fingerprint density at radius 1 is 1.04 bits per heavy atom. The van der Waals surface area contributed by atoms with Gasteiger partial charge in [-0.1, -0.05) is 24.3 Å². The summed E-state index contributed by atoms with van der Waals surface area (Å²) in [5.74, 6) is 0.829. The van der Waals surface area contributed by atoms with Crippen molar-refractivity contribution in [3.8, 4) is 0 Å². The third-order valence-electron chi connectivity index (χ3n) is 6.35. The molecule has 1 amide bonds. The van der Waals surface area contributed by atoms with Gasteiger partial charge in [-0.15, -0.1) is 0 Å². The topological polar surface area (TPSA) is 26.8 Å². The molecule has 0 aliphatic carbocycles. The van der Waals surface area contributed by atoms with Crippen LogP contribution in [0.2, 0.25) is 0 Å². The predicted molar refractivity (Wildman–Crippen MR) is 112 cm³/mol. The van der Waals surface area contributed by atoms with Gasteiger partial charge in [-0.25, -0.2) is 0 Å². The quantitative estimate of drug-likeness (QED) is 0.803. The number of rotatable bonds is 4. The molecule has 1 aromatic carbocycles. The van der Waals surface area contributed by atoms with Crippen LogP contribution in [0.15, 0.2) is 24.3 Å². The van der Waals surface area contributed by atoms with E-state index in [2.05, 4.69) is 54.8 Å². The Bertz CT molecular complexity index is 641. The molecular weight excluding hydrogens is 334 g/mol. The molecule has 150 valence electrons. The van der Waals surface area contributed by atoms with Crippen molar-refractivity contribution in [1.82, 2.24) is 14.7 Å². The fourth-order valence-electron chi connectivity index (χ4n) is 4.81. The summed E-state index contributed by atoms with van der Waals surface area (Å²) in [7, 11) is 3.68. The number of nitrogens with zero attached hydrogens (tertiary/aromatic N) is 3. The van der Waals surface area contributed by atoms with Crippen LogP contribution < -0.4 is 0 Å². The zero-order chi connectivity index (χ0) is 19.6. The van der Waals surface area contributed by atoms with E-state index < -0.39 is 0 Å². The van der Waals surface area contributed by atoms with Crippen LogP contribution in [0.4, 0.5) is 0 Å². The molecule has 0 N–H and O–H groups in total. The van der Waals surface area contributed by atoms with Crippen molar-refractivity contribution < 1.29 is 4.79 Å². The van der Waals surface area contributed by atoms with Crippen LogP contribution >= 0.6 is 0 Å². The number of piperidine rings is 1. The van der Waals surface area contributed by atoms with Crippen LogP contribution in [0.5, 0.6) is 0 Å². The fraction of sp³-hybridized carbons (Fsp3) is 0.696. The van der Waals surface area contributed by atoms with Gasteiger partial charge in [0.1, 0.15) is 0 Å². The number of carbonyl (C=O) groups is 1. The third-order valence-corrected chi connectivity index (χ3v) is 6.35. The number of hydrogen-bond donors (Lipinski definition) is 0. The summed E-state index contributed by atoms with van der Waals surface area (Å²) < 4.78 is 0. The lowest BCUT2D eigenvalue weighted by molar-refractivity contribution is -0.130. The molecule has 2 fully saturated rings. The number of likely N-dealkylation sites (tertiary alicyclic amines) is 2. The summed E-state index contributed by atoms with van der Waals surface area (Å²) in [4.78, 5) is 18.7.